The normalized spacial score (nSPS) is 16.7. The molecule has 0 unspecified atom stereocenters. The van der Waals surface area contributed by atoms with E-state index in [1.807, 2.05) is 138 Å². The first kappa shape index (κ1) is 88.2. The summed E-state index contributed by atoms with van der Waals surface area (Å²) in [6.45, 7) is 33.7. The van der Waals surface area contributed by atoms with E-state index in [0.29, 0.717) is 108 Å². The van der Waals surface area contributed by atoms with Gasteiger partial charge in [0.1, 0.15) is 28.8 Å². The molecule has 4 aliphatic heterocycles. The van der Waals surface area contributed by atoms with Gasteiger partial charge in [0.25, 0.3) is 11.8 Å². The zero-order valence-corrected chi connectivity index (χ0v) is 74.5. The molecule has 5 heterocycles. The molecule has 1 fully saturated rings. The van der Waals surface area contributed by atoms with E-state index in [1.165, 1.54) is 0 Å². The van der Waals surface area contributed by atoms with Crippen LogP contribution in [0.25, 0.3) is 11.0 Å². The third-order valence-electron chi connectivity index (χ3n) is 22.6. The van der Waals surface area contributed by atoms with Gasteiger partial charge in [0.15, 0.2) is 16.6 Å². The molecule has 0 bridgehead atoms. The van der Waals surface area contributed by atoms with E-state index in [1.54, 1.807) is 58.9 Å². The number of aromatic amines is 1. The predicted molar refractivity (Wildman–Crippen MR) is 463 cm³/mol. The van der Waals surface area contributed by atoms with Crippen molar-refractivity contribution in [3.8, 4) is 11.5 Å². The Balaban J connectivity index is 0.000000189. The number of aromatic nitrogens is 2. The second-order valence-electron chi connectivity index (χ2n) is 32.8. The molecular weight excluding hydrogens is 1650 g/mol. The molecule has 0 spiro atoms. The SMILES string of the molecule is CC1(C)OB(c2ccc3c(c2)N(CCCO[Si](C)(C)C(C)(C)C)C(=O)C3)OC1(C)C.COc1ccc(CN2C(=O)[C@H](Cc3ccccc3Cl)N=C(Cl)c3cc(Cl)ccc32)cc1.COc1ccc(CN2C(=O)[C@H](Cc3ccccc3Cl)N=C(c3ccc4[nH]c(=O)n(CCCO[Si](C)(C)C(C)(C)C)c4c3)c3cc(Cl)ccc32)cc1.[Pd]. The summed E-state index contributed by atoms with van der Waals surface area (Å²) < 4.78 is 37.4. The summed E-state index contributed by atoms with van der Waals surface area (Å²) in [4.78, 5) is 72.3. The number of aryl methyl sites for hydroxylation is 1. The van der Waals surface area contributed by atoms with Gasteiger partial charge in [0.2, 0.25) is 5.91 Å². The molecule has 600 valence electrons. The average molecular weight is 1760 g/mol. The van der Waals surface area contributed by atoms with Crippen molar-refractivity contribution in [2.75, 3.05) is 48.7 Å². The molecule has 0 saturated carbocycles. The van der Waals surface area contributed by atoms with Crippen LogP contribution in [0.15, 0.2) is 185 Å². The van der Waals surface area contributed by atoms with E-state index < -0.39 is 35.8 Å². The molecule has 3 amide bonds. The number of anilines is 3. The molecule has 113 heavy (non-hydrogen) atoms. The van der Waals surface area contributed by atoms with Gasteiger partial charge < -0.3 is 47.3 Å². The third kappa shape index (κ3) is 20.6. The van der Waals surface area contributed by atoms with E-state index in [4.69, 9.17) is 90.6 Å². The molecule has 0 aliphatic carbocycles. The Bertz CT molecular complexity index is 5050. The zero-order valence-electron chi connectivity index (χ0n) is 67.1. The molecule has 8 aromatic carbocycles. The second kappa shape index (κ2) is 36.6. The van der Waals surface area contributed by atoms with Crippen LogP contribution in [0.3, 0.4) is 0 Å². The van der Waals surface area contributed by atoms with Crippen molar-refractivity contribution in [3.05, 3.63) is 245 Å². The van der Waals surface area contributed by atoms with Crippen LogP contribution >= 0.6 is 58.0 Å². The van der Waals surface area contributed by atoms with Gasteiger partial charge in [-0.2, -0.15) is 0 Å². The Labute approximate surface area is 706 Å². The summed E-state index contributed by atoms with van der Waals surface area (Å²) in [7, 11) is -0.851. The minimum atomic E-state index is -1.92. The van der Waals surface area contributed by atoms with Crippen molar-refractivity contribution in [2.45, 2.75) is 181 Å². The number of H-pyrrole nitrogens is 1. The van der Waals surface area contributed by atoms with Gasteiger partial charge in [-0.25, -0.2) is 4.79 Å². The fourth-order valence-electron chi connectivity index (χ4n) is 13.2. The summed E-state index contributed by atoms with van der Waals surface area (Å²) in [5.74, 6) is 1.32. The molecule has 26 heteroatoms. The number of benzene rings is 8. The number of nitrogens with one attached hydrogen (secondary N) is 1. The maximum Gasteiger partial charge on any atom is 0.494 e. The van der Waals surface area contributed by atoms with E-state index >= 15 is 0 Å². The molecule has 13 rings (SSSR count). The van der Waals surface area contributed by atoms with Crippen LogP contribution in [0.1, 0.15) is 127 Å². The first-order valence-corrected chi connectivity index (χ1v) is 45.6. The maximum absolute atomic E-state index is 14.6. The Morgan fingerprint density at radius 1 is 0.549 bits per heavy atom. The smallest absolute Gasteiger partial charge is 0.494 e. The molecule has 9 aromatic rings. The summed E-state index contributed by atoms with van der Waals surface area (Å²) >= 11 is 32.4. The summed E-state index contributed by atoms with van der Waals surface area (Å²) in [6, 6.07) is 51.4. The van der Waals surface area contributed by atoms with Crippen LogP contribution in [0.5, 0.6) is 11.5 Å². The van der Waals surface area contributed by atoms with E-state index in [-0.39, 0.29) is 70.3 Å². The molecule has 4 aliphatic rings. The van der Waals surface area contributed by atoms with Crippen molar-refractivity contribution in [2.24, 2.45) is 9.98 Å². The number of halogens is 5. The zero-order chi connectivity index (χ0) is 81.0. The number of aliphatic imine (C=N–C) groups is 2. The number of hydrogen-bond acceptors (Lipinski definition) is 12. The average Bonchev–Trinajstić information content (AvgIpc) is 1.63. The number of methoxy groups -OCH3 is 2. The van der Waals surface area contributed by atoms with Gasteiger partial charge in [0.05, 0.1) is 73.1 Å². The minimum Gasteiger partial charge on any atom is -0.497 e. The minimum absolute atomic E-state index is 0. The monoisotopic (exact) mass is 1750 g/mol. The first-order valence-electron chi connectivity index (χ1n) is 37.9. The van der Waals surface area contributed by atoms with Crippen molar-refractivity contribution < 1.29 is 62.4 Å². The van der Waals surface area contributed by atoms with Crippen molar-refractivity contribution in [1.29, 1.82) is 0 Å². The van der Waals surface area contributed by atoms with Gasteiger partial charge in [-0.1, -0.05) is 178 Å². The molecule has 1 saturated heterocycles. The summed E-state index contributed by atoms with van der Waals surface area (Å²) in [5.41, 5.74) is 11.2. The Kier molecular flexibility index (Phi) is 28.5. The molecule has 0 radical (unpaired) electrons. The van der Waals surface area contributed by atoms with Crippen LogP contribution < -0.4 is 35.3 Å². The maximum atomic E-state index is 14.6. The predicted octanol–water partition coefficient (Wildman–Crippen LogP) is 19.5. The molecule has 2 atom stereocenters. The van der Waals surface area contributed by atoms with E-state index in [0.717, 1.165) is 79.0 Å². The van der Waals surface area contributed by atoms with Gasteiger partial charge in [-0.05, 0) is 201 Å². The molecular formula is C87H101BCl5N7O10PdSi2. The fourth-order valence-corrected chi connectivity index (χ4v) is 16.4. The van der Waals surface area contributed by atoms with Crippen LogP contribution in [0.2, 0.25) is 56.4 Å². The van der Waals surface area contributed by atoms with Crippen molar-refractivity contribution >= 4 is 144 Å². The number of carbonyl (C=O) groups is 3. The summed E-state index contributed by atoms with van der Waals surface area (Å²) in [6.07, 6.45) is 2.63. The van der Waals surface area contributed by atoms with E-state index in [2.05, 4.69) is 111 Å². The number of rotatable bonds is 22. The first-order chi connectivity index (χ1) is 52.9. The number of benzodiazepines with no additional fused rings is 2. The Morgan fingerprint density at radius 2 is 1.03 bits per heavy atom. The largest absolute Gasteiger partial charge is 0.497 e. The van der Waals surface area contributed by atoms with Gasteiger partial charge in [-0.15, -0.1) is 0 Å². The summed E-state index contributed by atoms with van der Waals surface area (Å²) in [5, 5.41) is 2.75. The van der Waals surface area contributed by atoms with Crippen LogP contribution in [-0.4, -0.2) is 119 Å². The second-order valence-corrected chi connectivity index (χ2v) is 44.5. The number of ether oxygens (including phenoxy) is 2. The number of carbonyl (C=O) groups excluding carboxylic acids is 3. The van der Waals surface area contributed by atoms with Gasteiger partial charge >= 0.3 is 12.8 Å². The topological polar surface area (TPSA) is 179 Å². The molecule has 17 nitrogen and oxygen atoms in total. The van der Waals surface area contributed by atoms with E-state index in [9.17, 15) is 19.2 Å². The number of hydrogen-bond donors (Lipinski definition) is 1. The molecule has 1 N–H and O–H groups in total. The number of amides is 3. The standard InChI is InChI=1S/C40H44Cl2N4O4Si.C24H19Cl3N2O2.C23H38BNO4Si.Pd/c1-40(2,3)51(5,6)50-21-9-20-45-36-23-28(14-18-33(36)44-39(45)48)37-31-24-29(41)15-19-35(31)46(25-26-12-16-30(49-4)17-13-26)38(47)34(43-37)22-27-10-7-8-11-32(27)42;1-31-18-9-6-15(7-10-18)14-29-22-11-8-17(25)13-19(22)23(27)28-21(24(29)30)12-16-4-2-3-5-20(16)26;1-21(2,3)30(8,9)27-14-10-13-25-19-16-18(12-11-17(19)15-20(25)26)24-28-22(4,5)23(6,7)29-24;/h7-8,10-19,23-24,34H,9,20-22,25H2,1-6H3,(H,44,48);2-11,13,21H,12,14H2,1H3;11-12,16H,10,13-15H2,1-9H3;/t34-;21-;;/m00../s1. The fraction of sp³-hybridized carbons (Fsp3) is 0.379. The Morgan fingerprint density at radius 3 is 1.52 bits per heavy atom. The van der Waals surface area contributed by atoms with Crippen molar-refractivity contribution in [3.63, 3.8) is 0 Å². The quantitative estimate of drug-likeness (QED) is 0.0507. The van der Waals surface area contributed by atoms with Crippen LogP contribution in [-0.2, 0) is 91.9 Å². The van der Waals surface area contributed by atoms with Crippen LogP contribution in [0.4, 0.5) is 17.1 Å². The van der Waals surface area contributed by atoms with Gasteiger partial charge in [-0.3, -0.25) is 28.9 Å². The number of imidazole rings is 1. The molecule has 1 aromatic heterocycles. The third-order valence-corrected chi connectivity index (χ3v) is 33.2. The van der Waals surface area contributed by atoms with Crippen LogP contribution in [0, 0.1) is 0 Å². The van der Waals surface area contributed by atoms with Crippen molar-refractivity contribution in [1.82, 2.24) is 9.55 Å². The number of fused-ring (bicyclic) bond motifs is 4. The van der Waals surface area contributed by atoms with Gasteiger partial charge in [0, 0.05) is 102 Å². The Hall–Kier alpha value is -7.17. The number of nitrogens with zero attached hydrogens (tertiary/aromatic N) is 6.